The van der Waals surface area contributed by atoms with E-state index in [2.05, 4.69) is 5.32 Å². The number of amides is 1. The van der Waals surface area contributed by atoms with Gasteiger partial charge in [-0.15, -0.1) is 0 Å². The van der Waals surface area contributed by atoms with Crippen molar-refractivity contribution in [1.82, 2.24) is 10.6 Å². The van der Waals surface area contributed by atoms with E-state index in [1.54, 1.807) is 5.32 Å². The van der Waals surface area contributed by atoms with Crippen LogP contribution in [0.25, 0.3) is 0 Å². The number of hydrogen-bond acceptors (Lipinski definition) is 2. The van der Waals surface area contributed by atoms with Gasteiger partial charge in [-0.2, -0.15) is 22.0 Å². The Bertz CT molecular complexity index is 260. The molecule has 1 fully saturated rings. The van der Waals surface area contributed by atoms with Gasteiger partial charge in [0, 0.05) is 12.6 Å². The van der Waals surface area contributed by atoms with Crippen molar-refractivity contribution in [3.8, 4) is 0 Å². The van der Waals surface area contributed by atoms with E-state index >= 15 is 0 Å². The molecule has 8 heteroatoms. The van der Waals surface area contributed by atoms with Gasteiger partial charge in [-0.3, -0.25) is 4.79 Å². The van der Waals surface area contributed by atoms with Crippen molar-refractivity contribution in [1.29, 1.82) is 0 Å². The highest BCUT2D eigenvalue weighted by Crippen LogP contribution is 2.35. The first-order chi connectivity index (χ1) is 7.25. The smallest absolute Gasteiger partial charge is 0.347 e. The Labute approximate surface area is 88.4 Å². The van der Waals surface area contributed by atoms with Gasteiger partial charge in [-0.25, -0.2) is 0 Å². The van der Waals surface area contributed by atoms with Crippen LogP contribution >= 0.6 is 0 Å². The predicted molar refractivity (Wildman–Crippen MR) is 45.0 cm³/mol. The zero-order valence-electron chi connectivity index (χ0n) is 8.20. The molecule has 1 heterocycles. The van der Waals surface area contributed by atoms with E-state index in [0.717, 1.165) is 0 Å². The molecule has 1 amide bonds. The molecule has 1 aliphatic heterocycles. The van der Waals surface area contributed by atoms with Gasteiger partial charge in [0.05, 0.1) is 0 Å². The number of piperidine rings is 1. The Hall–Kier alpha value is -0.920. The molecule has 0 spiro atoms. The fourth-order valence-corrected chi connectivity index (χ4v) is 1.38. The average Bonchev–Trinajstić information content (AvgIpc) is 2.17. The number of carbonyl (C=O) groups is 1. The van der Waals surface area contributed by atoms with Crippen LogP contribution in [0.15, 0.2) is 0 Å². The number of rotatable bonds is 2. The summed E-state index contributed by atoms with van der Waals surface area (Å²) in [6.45, 7) is 0.877. The summed E-state index contributed by atoms with van der Waals surface area (Å²) >= 11 is 0. The molecule has 0 aliphatic carbocycles. The van der Waals surface area contributed by atoms with Crippen LogP contribution in [0, 0.1) is 0 Å². The summed E-state index contributed by atoms with van der Waals surface area (Å²) < 4.78 is 60.5. The first-order valence-corrected chi connectivity index (χ1v) is 4.71. The molecule has 1 aliphatic rings. The minimum atomic E-state index is -5.85. The summed E-state index contributed by atoms with van der Waals surface area (Å²) in [4.78, 5) is 10.8. The van der Waals surface area contributed by atoms with Crippen LogP contribution in [0.3, 0.4) is 0 Å². The lowest BCUT2D eigenvalue weighted by Crippen LogP contribution is -2.55. The fraction of sp³-hybridized carbons (Fsp3) is 0.875. The lowest BCUT2D eigenvalue weighted by molar-refractivity contribution is -0.270. The maximum atomic E-state index is 12.5. The summed E-state index contributed by atoms with van der Waals surface area (Å²) in [6, 6.07) is -0.672. The predicted octanol–water partition coefficient (Wildman–Crippen LogP) is 1.05. The van der Waals surface area contributed by atoms with Crippen molar-refractivity contribution in [2.75, 3.05) is 13.1 Å². The molecule has 0 radical (unpaired) electrons. The molecule has 1 rings (SSSR count). The molecule has 3 nitrogen and oxygen atoms in total. The van der Waals surface area contributed by atoms with Gasteiger partial charge in [0.15, 0.2) is 0 Å². The average molecular weight is 246 g/mol. The summed E-state index contributed by atoms with van der Waals surface area (Å²) in [5, 5.41) is 4.48. The van der Waals surface area contributed by atoms with Gasteiger partial charge in [-0.05, 0) is 19.4 Å². The van der Waals surface area contributed by atoms with Gasteiger partial charge < -0.3 is 10.6 Å². The quantitative estimate of drug-likeness (QED) is 0.715. The fourth-order valence-electron chi connectivity index (χ4n) is 1.38. The summed E-state index contributed by atoms with van der Waals surface area (Å²) in [6.07, 6.45) is -4.83. The highest BCUT2D eigenvalue weighted by Gasteiger charge is 2.63. The molecule has 16 heavy (non-hydrogen) atoms. The molecular formula is C8H11F5N2O. The number of alkyl halides is 5. The van der Waals surface area contributed by atoms with E-state index in [-0.39, 0.29) is 6.54 Å². The van der Waals surface area contributed by atoms with Crippen LogP contribution in [-0.4, -0.2) is 37.1 Å². The van der Waals surface area contributed by atoms with E-state index in [1.165, 1.54) is 0 Å². The van der Waals surface area contributed by atoms with Gasteiger partial charge >= 0.3 is 18.0 Å². The minimum absolute atomic E-state index is 0.208. The van der Waals surface area contributed by atoms with Crippen molar-refractivity contribution in [3.63, 3.8) is 0 Å². The van der Waals surface area contributed by atoms with Crippen molar-refractivity contribution in [2.45, 2.75) is 31.0 Å². The molecule has 0 aromatic heterocycles. The third-order valence-corrected chi connectivity index (χ3v) is 2.27. The molecule has 94 valence electrons. The lowest BCUT2D eigenvalue weighted by atomic mass is 10.1. The second-order valence-electron chi connectivity index (χ2n) is 3.59. The molecule has 2 N–H and O–H groups in total. The van der Waals surface area contributed by atoms with Gasteiger partial charge in [0.1, 0.15) is 0 Å². The van der Waals surface area contributed by atoms with E-state index in [0.29, 0.717) is 19.4 Å². The van der Waals surface area contributed by atoms with Crippen molar-refractivity contribution in [3.05, 3.63) is 0 Å². The molecular weight excluding hydrogens is 235 g/mol. The Morgan fingerprint density at radius 1 is 1.25 bits per heavy atom. The number of nitrogens with one attached hydrogen (secondary N) is 2. The van der Waals surface area contributed by atoms with E-state index < -0.39 is 24.0 Å². The largest absolute Gasteiger partial charge is 0.463 e. The van der Waals surface area contributed by atoms with Crippen LogP contribution in [0.2, 0.25) is 0 Å². The Morgan fingerprint density at radius 2 is 1.88 bits per heavy atom. The molecule has 0 unspecified atom stereocenters. The second kappa shape index (κ2) is 4.52. The normalized spacial score (nSPS) is 22.9. The number of hydrogen-bond donors (Lipinski definition) is 2. The van der Waals surface area contributed by atoms with Crippen LogP contribution in [-0.2, 0) is 4.79 Å². The SMILES string of the molecule is O=C(N[C@@H]1CCCNC1)C(F)(F)C(F)(F)F. The summed E-state index contributed by atoms with van der Waals surface area (Å²) in [7, 11) is 0. The lowest BCUT2D eigenvalue weighted by Gasteiger charge is -2.26. The first-order valence-electron chi connectivity index (χ1n) is 4.71. The number of carbonyl (C=O) groups excluding carboxylic acids is 1. The standard InChI is InChI=1S/C8H11F5N2O/c9-7(10,8(11,12)13)6(16)15-5-2-1-3-14-4-5/h5,14H,1-4H2,(H,15,16)/t5-/m1/s1. The topological polar surface area (TPSA) is 41.1 Å². The van der Waals surface area contributed by atoms with Crippen LogP contribution in [0.5, 0.6) is 0 Å². The van der Waals surface area contributed by atoms with Gasteiger partial charge in [0.25, 0.3) is 0 Å². The molecule has 0 bridgehead atoms. The molecule has 0 aromatic carbocycles. The summed E-state index contributed by atoms with van der Waals surface area (Å²) in [5.74, 6) is -7.61. The molecule has 0 saturated carbocycles. The van der Waals surface area contributed by atoms with Gasteiger partial charge in [-0.1, -0.05) is 0 Å². The third kappa shape index (κ3) is 2.81. The summed E-state index contributed by atoms with van der Waals surface area (Å²) in [5.41, 5.74) is 0. The van der Waals surface area contributed by atoms with Crippen molar-refractivity contribution >= 4 is 5.91 Å². The zero-order chi connectivity index (χ0) is 12.4. The monoisotopic (exact) mass is 246 g/mol. The molecule has 1 atom stereocenters. The third-order valence-electron chi connectivity index (χ3n) is 2.27. The maximum absolute atomic E-state index is 12.5. The zero-order valence-corrected chi connectivity index (χ0v) is 8.20. The van der Waals surface area contributed by atoms with E-state index in [4.69, 9.17) is 0 Å². The first kappa shape index (κ1) is 13.1. The van der Waals surface area contributed by atoms with Crippen molar-refractivity contribution < 1.29 is 26.7 Å². The van der Waals surface area contributed by atoms with Crippen LogP contribution < -0.4 is 10.6 Å². The number of halogens is 5. The second-order valence-corrected chi connectivity index (χ2v) is 3.59. The Kier molecular flexibility index (Phi) is 3.72. The highest BCUT2D eigenvalue weighted by molar-refractivity contribution is 5.84. The highest BCUT2D eigenvalue weighted by atomic mass is 19.4. The maximum Gasteiger partial charge on any atom is 0.463 e. The molecule has 0 aromatic rings. The minimum Gasteiger partial charge on any atom is -0.347 e. The van der Waals surface area contributed by atoms with Crippen molar-refractivity contribution in [2.24, 2.45) is 0 Å². The van der Waals surface area contributed by atoms with Crippen LogP contribution in [0.1, 0.15) is 12.8 Å². The van der Waals surface area contributed by atoms with E-state index in [1.807, 2.05) is 0 Å². The Morgan fingerprint density at radius 3 is 2.31 bits per heavy atom. The van der Waals surface area contributed by atoms with E-state index in [9.17, 15) is 26.7 Å². The Balaban J connectivity index is 2.57. The molecule has 1 saturated heterocycles. The van der Waals surface area contributed by atoms with Gasteiger partial charge in [0.2, 0.25) is 0 Å². The van der Waals surface area contributed by atoms with Crippen LogP contribution in [0.4, 0.5) is 22.0 Å².